The number of halogens is 1. The van der Waals surface area contributed by atoms with Crippen LogP contribution in [0.1, 0.15) is 27.3 Å². The van der Waals surface area contributed by atoms with Gasteiger partial charge in [-0.05, 0) is 18.2 Å². The summed E-state index contributed by atoms with van der Waals surface area (Å²) in [5, 5.41) is 0.408. The highest BCUT2D eigenvalue weighted by atomic mass is 19.1. The van der Waals surface area contributed by atoms with Crippen LogP contribution >= 0.6 is 0 Å². The fourth-order valence-electron chi connectivity index (χ4n) is 2.41. The first-order valence-corrected chi connectivity index (χ1v) is 6.87. The lowest BCUT2D eigenvalue weighted by atomic mass is 10.0. The van der Waals surface area contributed by atoms with Gasteiger partial charge < -0.3 is 14.2 Å². The van der Waals surface area contributed by atoms with Crippen LogP contribution in [0.15, 0.2) is 18.2 Å². The number of methoxy groups -OCH3 is 1. The molecule has 0 aliphatic heterocycles. The SMILES string of the molecule is COC(=O)c1c(C(=O)CC(=O)N(C)C)c2ccc(F)cc2n1C. The molecule has 1 aromatic carbocycles. The van der Waals surface area contributed by atoms with Gasteiger partial charge >= 0.3 is 5.97 Å². The Morgan fingerprint density at radius 2 is 1.91 bits per heavy atom. The van der Waals surface area contributed by atoms with E-state index in [9.17, 15) is 18.8 Å². The minimum absolute atomic E-state index is 0.00431. The van der Waals surface area contributed by atoms with Crippen molar-refractivity contribution >= 4 is 28.6 Å². The Balaban J connectivity index is 2.67. The minimum Gasteiger partial charge on any atom is -0.464 e. The molecule has 0 radical (unpaired) electrons. The standard InChI is InChI=1S/C16H17FN2O4/c1-18(2)13(21)8-12(20)14-10-6-5-9(17)7-11(10)19(3)15(14)16(22)23-4/h5-7H,8H2,1-4H3. The second-order valence-electron chi connectivity index (χ2n) is 5.32. The number of Topliss-reactive ketones (excluding diaryl/α,β-unsaturated/α-hetero) is 1. The predicted octanol–water partition coefficient (Wildman–Crippen LogP) is 1.77. The van der Waals surface area contributed by atoms with Gasteiger partial charge in [-0.3, -0.25) is 9.59 Å². The number of ether oxygens (including phenoxy) is 1. The van der Waals surface area contributed by atoms with Gasteiger partial charge in [-0.1, -0.05) is 0 Å². The van der Waals surface area contributed by atoms with Crippen LogP contribution in [-0.4, -0.2) is 48.3 Å². The molecule has 7 heteroatoms. The summed E-state index contributed by atoms with van der Waals surface area (Å²) in [6.07, 6.45) is -0.381. The summed E-state index contributed by atoms with van der Waals surface area (Å²) in [4.78, 5) is 37.7. The Morgan fingerprint density at radius 3 is 2.48 bits per heavy atom. The molecule has 0 atom stereocenters. The highest BCUT2D eigenvalue weighted by Crippen LogP contribution is 2.28. The maximum atomic E-state index is 13.5. The average molecular weight is 320 g/mol. The number of carbonyl (C=O) groups is 3. The second-order valence-corrected chi connectivity index (χ2v) is 5.32. The molecule has 0 saturated heterocycles. The molecule has 122 valence electrons. The van der Waals surface area contributed by atoms with Gasteiger partial charge in [0.2, 0.25) is 5.91 Å². The molecule has 0 unspecified atom stereocenters. The van der Waals surface area contributed by atoms with Crippen molar-refractivity contribution in [2.75, 3.05) is 21.2 Å². The number of benzene rings is 1. The van der Waals surface area contributed by atoms with Crippen LogP contribution < -0.4 is 0 Å². The number of hydrogen-bond donors (Lipinski definition) is 0. The maximum absolute atomic E-state index is 13.5. The van der Waals surface area contributed by atoms with Gasteiger partial charge in [-0.25, -0.2) is 9.18 Å². The van der Waals surface area contributed by atoms with E-state index in [1.807, 2.05) is 0 Å². The maximum Gasteiger partial charge on any atom is 0.355 e. The smallest absolute Gasteiger partial charge is 0.355 e. The number of amides is 1. The first kappa shape index (κ1) is 16.7. The lowest BCUT2D eigenvalue weighted by molar-refractivity contribution is -0.127. The normalized spacial score (nSPS) is 10.7. The Bertz CT molecular complexity index is 808. The third kappa shape index (κ3) is 2.94. The number of aromatic nitrogens is 1. The largest absolute Gasteiger partial charge is 0.464 e. The van der Waals surface area contributed by atoms with E-state index in [2.05, 4.69) is 0 Å². The predicted molar refractivity (Wildman–Crippen MR) is 81.9 cm³/mol. The van der Waals surface area contributed by atoms with Gasteiger partial charge in [0.1, 0.15) is 11.5 Å². The molecular weight excluding hydrogens is 303 g/mol. The van der Waals surface area contributed by atoms with Crippen LogP contribution in [0.4, 0.5) is 4.39 Å². The van der Waals surface area contributed by atoms with Crippen molar-refractivity contribution in [2.24, 2.45) is 7.05 Å². The van der Waals surface area contributed by atoms with Gasteiger partial charge in [0.25, 0.3) is 0 Å². The van der Waals surface area contributed by atoms with Crippen LogP contribution in [0.2, 0.25) is 0 Å². The van der Waals surface area contributed by atoms with E-state index in [4.69, 9.17) is 4.74 Å². The number of hydrogen-bond acceptors (Lipinski definition) is 4. The quantitative estimate of drug-likeness (QED) is 0.489. The van der Waals surface area contributed by atoms with E-state index < -0.39 is 17.6 Å². The molecule has 2 aromatic rings. The summed E-state index contributed by atoms with van der Waals surface area (Å²) in [6, 6.07) is 3.85. The number of aryl methyl sites for hydroxylation is 1. The molecule has 1 amide bonds. The molecule has 23 heavy (non-hydrogen) atoms. The number of fused-ring (bicyclic) bond motifs is 1. The topological polar surface area (TPSA) is 68.6 Å². The molecule has 0 saturated carbocycles. The zero-order valence-electron chi connectivity index (χ0n) is 13.3. The monoisotopic (exact) mass is 320 g/mol. The molecule has 1 aromatic heterocycles. The van der Waals surface area contributed by atoms with E-state index in [0.717, 1.165) is 0 Å². The Labute approximate surface area is 132 Å². The number of nitrogens with zero attached hydrogens (tertiary/aromatic N) is 2. The first-order valence-electron chi connectivity index (χ1n) is 6.87. The molecule has 0 spiro atoms. The van der Waals surface area contributed by atoms with E-state index in [1.165, 1.54) is 48.9 Å². The van der Waals surface area contributed by atoms with E-state index in [-0.39, 0.29) is 23.6 Å². The zero-order chi connectivity index (χ0) is 17.3. The highest BCUT2D eigenvalue weighted by molar-refractivity contribution is 6.19. The summed E-state index contributed by atoms with van der Waals surface area (Å²) in [6.45, 7) is 0. The summed E-state index contributed by atoms with van der Waals surface area (Å²) in [7, 11) is 5.81. The van der Waals surface area contributed by atoms with Crippen molar-refractivity contribution in [1.82, 2.24) is 9.47 Å². The van der Waals surface area contributed by atoms with Crippen LogP contribution in [0, 0.1) is 5.82 Å². The zero-order valence-corrected chi connectivity index (χ0v) is 13.3. The van der Waals surface area contributed by atoms with Gasteiger partial charge in [0.15, 0.2) is 5.78 Å². The summed E-state index contributed by atoms with van der Waals surface area (Å²) < 4.78 is 19.6. The molecular formula is C16H17FN2O4. The van der Waals surface area contributed by atoms with Crippen molar-refractivity contribution in [3.8, 4) is 0 Å². The molecule has 0 N–H and O–H groups in total. The van der Waals surface area contributed by atoms with Crippen LogP contribution in [0.25, 0.3) is 10.9 Å². The van der Waals surface area contributed by atoms with E-state index in [1.54, 1.807) is 7.05 Å². The van der Waals surface area contributed by atoms with Crippen LogP contribution in [0.3, 0.4) is 0 Å². The van der Waals surface area contributed by atoms with Gasteiger partial charge in [0, 0.05) is 26.5 Å². The molecule has 2 rings (SSSR count). The van der Waals surface area contributed by atoms with Gasteiger partial charge in [0.05, 0.1) is 24.6 Å². The minimum atomic E-state index is -0.718. The summed E-state index contributed by atoms with van der Waals surface area (Å²) in [5.41, 5.74) is 0.459. The second kappa shape index (κ2) is 6.20. The van der Waals surface area contributed by atoms with Gasteiger partial charge in [-0.15, -0.1) is 0 Å². The molecule has 6 nitrogen and oxygen atoms in total. The fraction of sp³-hybridized carbons (Fsp3) is 0.312. The average Bonchev–Trinajstić information content (AvgIpc) is 2.79. The lowest BCUT2D eigenvalue weighted by Gasteiger charge is -2.10. The van der Waals surface area contributed by atoms with Crippen molar-refractivity contribution < 1.29 is 23.5 Å². The third-order valence-electron chi connectivity index (χ3n) is 3.63. The van der Waals surface area contributed by atoms with Crippen molar-refractivity contribution in [2.45, 2.75) is 6.42 Å². The Kier molecular flexibility index (Phi) is 4.49. The van der Waals surface area contributed by atoms with E-state index in [0.29, 0.717) is 10.9 Å². The van der Waals surface area contributed by atoms with Crippen molar-refractivity contribution in [3.05, 3.63) is 35.3 Å². The van der Waals surface area contributed by atoms with E-state index >= 15 is 0 Å². The number of carbonyl (C=O) groups excluding carboxylic acids is 3. The van der Waals surface area contributed by atoms with Crippen LogP contribution in [0.5, 0.6) is 0 Å². The molecule has 1 heterocycles. The third-order valence-corrected chi connectivity index (χ3v) is 3.63. The molecule has 0 bridgehead atoms. The molecule has 0 aliphatic carbocycles. The van der Waals surface area contributed by atoms with Crippen molar-refractivity contribution in [3.63, 3.8) is 0 Å². The summed E-state index contributed by atoms with van der Waals surface area (Å²) in [5.74, 6) is -2.10. The summed E-state index contributed by atoms with van der Waals surface area (Å²) >= 11 is 0. The van der Waals surface area contributed by atoms with Gasteiger partial charge in [-0.2, -0.15) is 0 Å². The number of rotatable bonds is 4. The molecule has 0 fully saturated rings. The lowest BCUT2D eigenvalue weighted by Crippen LogP contribution is -2.25. The highest BCUT2D eigenvalue weighted by Gasteiger charge is 2.28. The first-order chi connectivity index (χ1) is 10.8. The Hall–Kier alpha value is -2.70. The fourth-order valence-corrected chi connectivity index (χ4v) is 2.41. The number of esters is 1. The van der Waals surface area contributed by atoms with Crippen molar-refractivity contribution in [1.29, 1.82) is 0 Å². The molecule has 0 aliphatic rings. The van der Waals surface area contributed by atoms with Crippen LogP contribution in [-0.2, 0) is 16.6 Å². The Morgan fingerprint density at radius 1 is 1.26 bits per heavy atom. The number of ketones is 1.